The van der Waals surface area contributed by atoms with Gasteiger partial charge in [0.1, 0.15) is 4.91 Å². The fourth-order valence-corrected chi connectivity index (χ4v) is 0.730. The SMILES string of the molecule is N/C(=N\N=C\c1cccnc1)N[N+](=O)O. The number of hydrogen-bond donors (Lipinski definition) is 3. The number of rotatable bonds is 3. The van der Waals surface area contributed by atoms with E-state index in [1.54, 1.807) is 30.0 Å². The van der Waals surface area contributed by atoms with Crippen LogP contribution in [-0.4, -0.2) is 27.4 Å². The smallest absolute Gasteiger partial charge is 0.362 e. The minimum absolute atomic E-state index is 0.326. The lowest BCUT2D eigenvalue weighted by Crippen LogP contribution is -2.36. The number of guanidine groups is 1. The lowest BCUT2D eigenvalue weighted by Gasteiger charge is -1.88. The Morgan fingerprint density at radius 3 is 3.13 bits per heavy atom. The molecule has 4 N–H and O–H groups in total. The van der Waals surface area contributed by atoms with Crippen LogP contribution in [0, 0.1) is 4.91 Å². The highest BCUT2D eigenvalue weighted by Crippen LogP contribution is 1.90. The van der Waals surface area contributed by atoms with Crippen LogP contribution in [0.25, 0.3) is 0 Å². The number of hydrogen-bond acceptors (Lipinski definition) is 4. The average Bonchev–Trinajstić information content (AvgIpc) is 2.18. The third-order valence-corrected chi connectivity index (χ3v) is 1.27. The Hall–Kier alpha value is -2.51. The monoisotopic (exact) mass is 209 g/mol. The van der Waals surface area contributed by atoms with Crippen LogP contribution >= 0.6 is 0 Å². The summed E-state index contributed by atoms with van der Waals surface area (Å²) in [6.07, 6.45) is 4.60. The van der Waals surface area contributed by atoms with Crippen LogP contribution in [0.3, 0.4) is 0 Å². The molecule has 1 heterocycles. The van der Waals surface area contributed by atoms with Crippen LogP contribution < -0.4 is 11.2 Å². The molecule has 0 bridgehead atoms. The number of nitrogens with one attached hydrogen (secondary N) is 1. The standard InChI is InChI=1S/C7H9N6O2/c8-7(12-13(14)15)11-10-5-6-2-1-3-9-4-6/h1-5H,(H,14,15)(H3,8,11,12)/q+1/b10-5+. The molecule has 0 radical (unpaired) electrons. The average molecular weight is 209 g/mol. The Kier molecular flexibility index (Phi) is 3.71. The largest absolute Gasteiger partial charge is 0.364 e. The van der Waals surface area contributed by atoms with Crippen molar-refractivity contribution >= 4 is 12.2 Å². The molecule has 0 fully saturated rings. The summed E-state index contributed by atoms with van der Waals surface area (Å²) in [5, 5.41) is 14.5. The number of hydrazine groups is 1. The number of pyridine rings is 1. The van der Waals surface area contributed by atoms with Crippen LogP contribution in [0.4, 0.5) is 0 Å². The van der Waals surface area contributed by atoms with Crippen molar-refractivity contribution in [3.63, 3.8) is 0 Å². The van der Waals surface area contributed by atoms with Crippen LogP contribution in [0.1, 0.15) is 5.56 Å². The van der Waals surface area contributed by atoms with E-state index in [0.717, 1.165) is 5.56 Å². The summed E-state index contributed by atoms with van der Waals surface area (Å²) in [7, 11) is 0. The van der Waals surface area contributed by atoms with Crippen molar-refractivity contribution in [2.45, 2.75) is 0 Å². The van der Waals surface area contributed by atoms with Crippen molar-refractivity contribution in [3.05, 3.63) is 35.0 Å². The van der Waals surface area contributed by atoms with Crippen LogP contribution in [0.2, 0.25) is 0 Å². The van der Waals surface area contributed by atoms with Gasteiger partial charge in [-0.15, -0.1) is 5.10 Å². The van der Waals surface area contributed by atoms with Crippen LogP contribution in [0.5, 0.6) is 0 Å². The van der Waals surface area contributed by atoms with E-state index in [1.807, 2.05) is 0 Å². The van der Waals surface area contributed by atoms with Gasteiger partial charge >= 0.3 is 5.03 Å². The minimum Gasteiger partial charge on any atom is -0.364 e. The zero-order valence-electron chi connectivity index (χ0n) is 7.61. The maximum atomic E-state index is 10.0. The molecule has 1 rings (SSSR count). The molecular weight excluding hydrogens is 200 g/mol. The molecule has 0 saturated carbocycles. The zero-order valence-corrected chi connectivity index (χ0v) is 7.61. The van der Waals surface area contributed by atoms with Gasteiger partial charge < -0.3 is 5.73 Å². The van der Waals surface area contributed by atoms with E-state index in [1.165, 1.54) is 6.21 Å². The molecule has 1 aromatic rings. The van der Waals surface area contributed by atoms with E-state index in [4.69, 9.17) is 10.9 Å². The molecule has 0 aliphatic rings. The second kappa shape index (κ2) is 5.27. The van der Waals surface area contributed by atoms with Gasteiger partial charge in [-0.3, -0.25) is 4.98 Å². The van der Waals surface area contributed by atoms with E-state index in [-0.39, 0.29) is 5.96 Å². The molecule has 0 aliphatic carbocycles. The Bertz CT molecular complexity index is 388. The van der Waals surface area contributed by atoms with Crippen molar-refractivity contribution in [2.75, 3.05) is 0 Å². The summed E-state index contributed by atoms with van der Waals surface area (Å²) >= 11 is 0. The molecule has 1 aromatic heterocycles. The highest BCUT2D eigenvalue weighted by molar-refractivity contribution is 5.81. The Labute approximate surface area is 84.7 Å². The predicted molar refractivity (Wildman–Crippen MR) is 52.0 cm³/mol. The lowest BCUT2D eigenvalue weighted by molar-refractivity contribution is -0.822. The molecule has 8 heteroatoms. The summed E-state index contributed by atoms with van der Waals surface area (Å²) < 4.78 is 0. The topological polar surface area (TPSA) is 116 Å². The molecule has 0 aliphatic heterocycles. The quantitative estimate of drug-likeness (QED) is 0.349. The molecule has 0 spiro atoms. The fourth-order valence-electron chi connectivity index (χ4n) is 0.730. The third-order valence-electron chi connectivity index (χ3n) is 1.27. The van der Waals surface area contributed by atoms with Crippen LogP contribution in [-0.2, 0) is 0 Å². The van der Waals surface area contributed by atoms with Gasteiger partial charge in [-0.2, -0.15) is 5.10 Å². The van der Waals surface area contributed by atoms with Crippen molar-refractivity contribution in [1.29, 1.82) is 0 Å². The number of nitrogens with zero attached hydrogens (tertiary/aromatic N) is 4. The highest BCUT2D eigenvalue weighted by atomic mass is 16.7. The summed E-state index contributed by atoms with van der Waals surface area (Å²) in [5.74, 6) is -0.326. The normalized spacial score (nSPS) is 11.6. The summed E-state index contributed by atoms with van der Waals surface area (Å²) in [5.41, 5.74) is 7.64. The van der Waals surface area contributed by atoms with Crippen LogP contribution in [0.15, 0.2) is 34.7 Å². The first-order chi connectivity index (χ1) is 7.18. The van der Waals surface area contributed by atoms with E-state index in [2.05, 4.69) is 15.2 Å². The van der Waals surface area contributed by atoms with Gasteiger partial charge in [0.15, 0.2) is 0 Å². The first kappa shape index (κ1) is 10.6. The van der Waals surface area contributed by atoms with Crippen molar-refractivity contribution < 1.29 is 10.2 Å². The molecule has 0 atom stereocenters. The molecular formula is C7H9N6O2+. The lowest BCUT2D eigenvalue weighted by atomic mass is 10.3. The van der Waals surface area contributed by atoms with E-state index >= 15 is 0 Å². The van der Waals surface area contributed by atoms with E-state index in [0.29, 0.717) is 0 Å². The van der Waals surface area contributed by atoms with Crippen molar-refractivity contribution in [2.24, 2.45) is 15.9 Å². The first-order valence-electron chi connectivity index (χ1n) is 3.88. The van der Waals surface area contributed by atoms with Gasteiger partial charge in [0.2, 0.25) is 0 Å². The molecule has 0 aromatic carbocycles. The molecule has 15 heavy (non-hydrogen) atoms. The van der Waals surface area contributed by atoms with Gasteiger partial charge in [-0.1, -0.05) is 6.07 Å². The second-order valence-electron chi connectivity index (χ2n) is 2.40. The molecule has 8 nitrogen and oxygen atoms in total. The second-order valence-corrected chi connectivity index (χ2v) is 2.40. The molecule has 78 valence electrons. The summed E-state index contributed by atoms with van der Waals surface area (Å²) in [6.45, 7) is 0. The molecule has 0 saturated heterocycles. The fraction of sp³-hybridized carbons (Fsp3) is 0. The molecule has 0 unspecified atom stereocenters. The Morgan fingerprint density at radius 1 is 1.73 bits per heavy atom. The van der Waals surface area contributed by atoms with Gasteiger partial charge in [-0.05, 0) is 11.5 Å². The molecule has 0 amide bonds. The minimum atomic E-state index is -0.571. The van der Waals surface area contributed by atoms with Gasteiger partial charge in [0.25, 0.3) is 5.96 Å². The maximum Gasteiger partial charge on any atom is 0.362 e. The van der Waals surface area contributed by atoms with E-state index in [9.17, 15) is 4.91 Å². The Balaban J connectivity index is 2.56. The highest BCUT2D eigenvalue weighted by Gasteiger charge is 2.03. The zero-order chi connectivity index (χ0) is 11.1. The van der Waals surface area contributed by atoms with Gasteiger partial charge in [0, 0.05) is 18.0 Å². The summed E-state index contributed by atoms with van der Waals surface area (Å²) in [4.78, 5) is 13.9. The maximum absolute atomic E-state index is 10.0. The van der Waals surface area contributed by atoms with Crippen molar-refractivity contribution in [1.82, 2.24) is 10.4 Å². The predicted octanol–water partition coefficient (Wildman–Crippen LogP) is -0.597. The number of aromatic nitrogens is 1. The van der Waals surface area contributed by atoms with E-state index < -0.39 is 5.03 Å². The third kappa shape index (κ3) is 4.31. The Morgan fingerprint density at radius 2 is 2.53 bits per heavy atom. The van der Waals surface area contributed by atoms with Crippen molar-refractivity contribution in [3.8, 4) is 0 Å². The number of nitrogens with two attached hydrogens (primary N) is 1. The van der Waals surface area contributed by atoms with Gasteiger partial charge in [-0.25, -0.2) is 5.21 Å². The first-order valence-corrected chi connectivity index (χ1v) is 3.88. The summed E-state index contributed by atoms with van der Waals surface area (Å²) in [6, 6.07) is 3.50. The van der Waals surface area contributed by atoms with Gasteiger partial charge in [0.05, 0.1) is 6.21 Å².